The predicted octanol–water partition coefficient (Wildman–Crippen LogP) is 5.85. The zero-order valence-corrected chi connectivity index (χ0v) is 20.9. The van der Waals surface area contributed by atoms with Gasteiger partial charge in [-0.05, 0) is 30.3 Å². The SMILES string of the molecule is COc1cc(Nc2ncccc2/C=C/C=C/C=C/C(=O)Nc2ccc(Cl)cc2N)cc(OC)c1OC. The Kier molecular flexibility index (Phi) is 9.36. The standard InChI is InChI=1S/C27H27ClN4O4/c1-34-23-16-20(17-24(35-2)26(23)36-3)31-27-18(10-8-14-30-27)9-6-4-5-7-11-25(33)32-22-13-12-19(28)15-21(22)29/h4-17H,29H2,1-3H3,(H,30,31)(H,32,33)/b5-4+,9-6+,11-7+. The molecule has 0 radical (unpaired) electrons. The van der Waals surface area contributed by atoms with Crippen LogP contribution in [0.25, 0.3) is 6.08 Å². The Hall–Kier alpha value is -4.43. The van der Waals surface area contributed by atoms with Gasteiger partial charge in [-0.1, -0.05) is 42.0 Å². The van der Waals surface area contributed by atoms with Gasteiger partial charge < -0.3 is 30.6 Å². The van der Waals surface area contributed by atoms with Gasteiger partial charge in [0.15, 0.2) is 11.5 Å². The molecule has 0 aliphatic rings. The molecule has 3 aromatic rings. The minimum Gasteiger partial charge on any atom is -0.493 e. The number of halogens is 1. The lowest BCUT2D eigenvalue weighted by Gasteiger charge is -2.15. The molecule has 1 aromatic heterocycles. The van der Waals surface area contributed by atoms with E-state index in [1.54, 1.807) is 76.1 Å². The van der Waals surface area contributed by atoms with E-state index in [0.717, 1.165) is 11.3 Å². The molecule has 9 heteroatoms. The first-order chi connectivity index (χ1) is 17.4. The number of carbonyl (C=O) groups excluding carboxylic acids is 1. The molecule has 8 nitrogen and oxygen atoms in total. The highest BCUT2D eigenvalue weighted by atomic mass is 35.5. The second-order valence-corrected chi connectivity index (χ2v) is 7.74. The average Bonchev–Trinajstić information content (AvgIpc) is 2.88. The highest BCUT2D eigenvalue weighted by Crippen LogP contribution is 2.40. The lowest BCUT2D eigenvalue weighted by molar-refractivity contribution is -0.111. The Labute approximate surface area is 215 Å². The topological polar surface area (TPSA) is 108 Å². The fourth-order valence-electron chi connectivity index (χ4n) is 3.20. The van der Waals surface area contributed by atoms with Crippen molar-refractivity contribution in [2.45, 2.75) is 0 Å². The second kappa shape index (κ2) is 12.9. The summed E-state index contributed by atoms with van der Waals surface area (Å²) in [6.45, 7) is 0. The maximum Gasteiger partial charge on any atom is 0.248 e. The van der Waals surface area contributed by atoms with Gasteiger partial charge in [0.25, 0.3) is 0 Å². The quantitative estimate of drug-likeness (QED) is 0.180. The van der Waals surface area contributed by atoms with Gasteiger partial charge in [-0.2, -0.15) is 0 Å². The van der Waals surface area contributed by atoms with Crippen molar-refractivity contribution in [2.24, 2.45) is 0 Å². The molecule has 0 saturated carbocycles. The molecule has 3 rings (SSSR count). The van der Waals surface area contributed by atoms with Crippen LogP contribution in [0.1, 0.15) is 5.56 Å². The zero-order chi connectivity index (χ0) is 25.9. The van der Waals surface area contributed by atoms with E-state index in [4.69, 9.17) is 31.5 Å². The Morgan fingerprint density at radius 3 is 2.36 bits per heavy atom. The number of pyridine rings is 1. The van der Waals surface area contributed by atoms with Gasteiger partial charge in [0.05, 0.1) is 32.7 Å². The zero-order valence-electron chi connectivity index (χ0n) is 20.1. The number of allylic oxidation sites excluding steroid dienone is 4. The van der Waals surface area contributed by atoms with E-state index in [0.29, 0.717) is 39.5 Å². The second-order valence-electron chi connectivity index (χ2n) is 7.30. The molecule has 0 saturated heterocycles. The lowest BCUT2D eigenvalue weighted by atomic mass is 10.2. The summed E-state index contributed by atoms with van der Waals surface area (Å²) in [7, 11) is 4.68. The van der Waals surface area contributed by atoms with Gasteiger partial charge in [-0.3, -0.25) is 4.79 Å². The first kappa shape index (κ1) is 26.2. The minimum atomic E-state index is -0.304. The highest BCUT2D eigenvalue weighted by molar-refractivity contribution is 6.31. The van der Waals surface area contributed by atoms with E-state index in [1.165, 1.54) is 6.08 Å². The molecule has 0 bridgehead atoms. The summed E-state index contributed by atoms with van der Waals surface area (Å²) >= 11 is 5.87. The molecule has 186 valence electrons. The van der Waals surface area contributed by atoms with Crippen LogP contribution in [-0.2, 0) is 4.79 Å². The third kappa shape index (κ3) is 7.04. The van der Waals surface area contributed by atoms with Crippen molar-refractivity contribution in [3.63, 3.8) is 0 Å². The number of benzene rings is 2. The van der Waals surface area contributed by atoms with Crippen molar-refractivity contribution in [2.75, 3.05) is 37.7 Å². The van der Waals surface area contributed by atoms with Crippen molar-refractivity contribution in [1.82, 2.24) is 4.98 Å². The largest absolute Gasteiger partial charge is 0.493 e. The van der Waals surface area contributed by atoms with Gasteiger partial charge in [0, 0.05) is 40.7 Å². The van der Waals surface area contributed by atoms with Crippen molar-refractivity contribution >= 4 is 46.5 Å². The Morgan fingerprint density at radius 2 is 1.69 bits per heavy atom. The molecule has 0 spiro atoms. The number of aromatic nitrogens is 1. The van der Waals surface area contributed by atoms with Crippen LogP contribution in [0.15, 0.2) is 79.0 Å². The Balaban J connectivity index is 1.65. The third-order valence-corrected chi connectivity index (χ3v) is 5.13. The summed E-state index contributed by atoms with van der Waals surface area (Å²) in [5.74, 6) is 1.92. The minimum absolute atomic E-state index is 0.304. The molecule has 1 heterocycles. The van der Waals surface area contributed by atoms with Crippen LogP contribution in [0.2, 0.25) is 5.02 Å². The van der Waals surface area contributed by atoms with E-state index in [-0.39, 0.29) is 5.91 Å². The van der Waals surface area contributed by atoms with Crippen LogP contribution in [0, 0.1) is 0 Å². The molecular formula is C27H27ClN4O4. The van der Waals surface area contributed by atoms with E-state index in [1.807, 2.05) is 24.3 Å². The van der Waals surface area contributed by atoms with E-state index in [2.05, 4.69) is 15.6 Å². The summed E-state index contributed by atoms with van der Waals surface area (Å²) in [6, 6.07) is 12.3. The lowest BCUT2D eigenvalue weighted by Crippen LogP contribution is -2.09. The number of rotatable bonds is 10. The number of amides is 1. The Bertz CT molecular complexity index is 1280. The summed E-state index contributed by atoms with van der Waals surface area (Å²) in [5.41, 5.74) is 8.33. The molecular weight excluding hydrogens is 480 g/mol. The fourth-order valence-corrected chi connectivity index (χ4v) is 3.38. The Morgan fingerprint density at radius 1 is 0.972 bits per heavy atom. The maximum absolute atomic E-state index is 12.1. The number of nitrogens with zero attached hydrogens (tertiary/aromatic N) is 1. The van der Waals surface area contributed by atoms with Gasteiger partial charge in [-0.25, -0.2) is 4.98 Å². The number of hydrogen-bond donors (Lipinski definition) is 3. The fraction of sp³-hybridized carbons (Fsp3) is 0.111. The number of ether oxygens (including phenoxy) is 3. The van der Waals surface area contributed by atoms with E-state index >= 15 is 0 Å². The normalized spacial score (nSPS) is 11.2. The number of carbonyl (C=O) groups is 1. The first-order valence-electron chi connectivity index (χ1n) is 10.8. The molecule has 0 aliphatic carbocycles. The van der Waals surface area contributed by atoms with Crippen molar-refractivity contribution in [1.29, 1.82) is 0 Å². The van der Waals surface area contributed by atoms with Gasteiger partial charge in [0.1, 0.15) is 5.82 Å². The molecule has 0 fully saturated rings. The molecule has 0 aliphatic heterocycles. The van der Waals surface area contributed by atoms with Crippen LogP contribution in [-0.4, -0.2) is 32.2 Å². The molecule has 0 unspecified atom stereocenters. The summed E-state index contributed by atoms with van der Waals surface area (Å²) in [6.07, 6.45) is 12.0. The van der Waals surface area contributed by atoms with Crippen LogP contribution < -0.4 is 30.6 Å². The maximum atomic E-state index is 12.1. The van der Waals surface area contributed by atoms with Gasteiger partial charge in [-0.15, -0.1) is 0 Å². The monoisotopic (exact) mass is 506 g/mol. The first-order valence-corrected chi connectivity index (χ1v) is 11.2. The number of nitrogens with two attached hydrogens (primary N) is 1. The van der Waals surface area contributed by atoms with Crippen molar-refractivity contribution in [3.05, 3.63) is 89.6 Å². The van der Waals surface area contributed by atoms with Crippen LogP contribution >= 0.6 is 11.6 Å². The van der Waals surface area contributed by atoms with Crippen LogP contribution in [0.3, 0.4) is 0 Å². The highest BCUT2D eigenvalue weighted by Gasteiger charge is 2.14. The number of anilines is 4. The smallest absolute Gasteiger partial charge is 0.248 e. The van der Waals surface area contributed by atoms with E-state index in [9.17, 15) is 4.79 Å². The number of nitrogens with one attached hydrogen (secondary N) is 2. The number of nitrogen functional groups attached to an aromatic ring is 1. The molecule has 1 amide bonds. The number of methoxy groups -OCH3 is 3. The van der Waals surface area contributed by atoms with Crippen LogP contribution in [0.4, 0.5) is 22.9 Å². The average molecular weight is 507 g/mol. The molecule has 2 aromatic carbocycles. The summed E-state index contributed by atoms with van der Waals surface area (Å²) < 4.78 is 16.2. The van der Waals surface area contributed by atoms with Crippen LogP contribution in [0.5, 0.6) is 17.2 Å². The van der Waals surface area contributed by atoms with E-state index < -0.39 is 0 Å². The number of hydrogen-bond acceptors (Lipinski definition) is 7. The van der Waals surface area contributed by atoms with Crippen molar-refractivity contribution in [3.8, 4) is 17.2 Å². The van der Waals surface area contributed by atoms with Crippen molar-refractivity contribution < 1.29 is 19.0 Å². The van der Waals surface area contributed by atoms with Gasteiger partial charge in [0.2, 0.25) is 11.7 Å². The molecule has 36 heavy (non-hydrogen) atoms. The summed E-state index contributed by atoms with van der Waals surface area (Å²) in [4.78, 5) is 16.5. The predicted molar refractivity (Wildman–Crippen MR) is 145 cm³/mol. The third-order valence-electron chi connectivity index (χ3n) is 4.89. The molecule has 4 N–H and O–H groups in total. The molecule has 0 atom stereocenters. The van der Waals surface area contributed by atoms with Gasteiger partial charge >= 0.3 is 0 Å². The summed E-state index contributed by atoms with van der Waals surface area (Å²) in [5, 5.41) is 6.49.